The maximum atomic E-state index is 10.9. The third-order valence-electron chi connectivity index (χ3n) is 1.97. The van der Waals surface area contributed by atoms with E-state index in [0.717, 1.165) is 6.39 Å². The number of aromatic nitrogens is 1. The number of nitrogens with zero attached hydrogens (tertiary/aromatic N) is 1. The Kier molecular flexibility index (Phi) is 2.85. The topological polar surface area (TPSA) is 63.3 Å². The van der Waals surface area contributed by atoms with Crippen LogP contribution in [0, 0.1) is 0 Å². The van der Waals surface area contributed by atoms with Gasteiger partial charge in [0, 0.05) is 5.56 Å². The molecular weight excluding hydrogens is 253 g/mol. The predicted octanol–water partition coefficient (Wildman–Crippen LogP) is 3.35. The molecule has 1 aromatic carbocycles. The molecule has 0 amide bonds. The van der Waals surface area contributed by atoms with Gasteiger partial charge in [0.1, 0.15) is 0 Å². The Morgan fingerprint density at radius 1 is 1.38 bits per heavy atom. The van der Waals surface area contributed by atoms with Crippen molar-refractivity contribution >= 4 is 29.2 Å². The number of aromatic carboxylic acids is 1. The van der Waals surface area contributed by atoms with E-state index in [1.165, 1.54) is 0 Å². The summed E-state index contributed by atoms with van der Waals surface area (Å²) in [4.78, 5) is 14.4. The second-order valence-corrected chi connectivity index (χ2v) is 3.72. The molecule has 0 bridgehead atoms. The summed E-state index contributed by atoms with van der Waals surface area (Å²) in [5.74, 6) is -1.08. The first-order chi connectivity index (χ1) is 7.61. The maximum Gasteiger partial charge on any atom is 0.358 e. The van der Waals surface area contributed by atoms with Gasteiger partial charge in [0.25, 0.3) is 0 Å². The Morgan fingerprint density at radius 2 is 2.12 bits per heavy atom. The second kappa shape index (κ2) is 4.15. The molecule has 6 heteroatoms. The first-order valence-electron chi connectivity index (χ1n) is 4.22. The molecule has 2 rings (SSSR count). The van der Waals surface area contributed by atoms with E-state index in [-0.39, 0.29) is 16.5 Å². The number of hydrogen-bond donors (Lipinski definition) is 1. The van der Waals surface area contributed by atoms with Crippen LogP contribution in [0.1, 0.15) is 10.5 Å². The van der Waals surface area contributed by atoms with Crippen LogP contribution < -0.4 is 0 Å². The van der Waals surface area contributed by atoms with E-state index in [1.54, 1.807) is 18.2 Å². The van der Waals surface area contributed by atoms with Crippen LogP contribution >= 0.6 is 23.2 Å². The Labute approximate surface area is 100 Å². The molecule has 0 radical (unpaired) electrons. The highest BCUT2D eigenvalue weighted by Crippen LogP contribution is 2.34. The minimum absolute atomic E-state index is 0.0972. The molecule has 0 saturated carbocycles. The fourth-order valence-electron chi connectivity index (χ4n) is 1.27. The van der Waals surface area contributed by atoms with Gasteiger partial charge in [0.05, 0.1) is 10.0 Å². The number of oxazole rings is 1. The summed E-state index contributed by atoms with van der Waals surface area (Å²) in [6, 6.07) is 4.86. The second-order valence-electron chi connectivity index (χ2n) is 2.94. The number of benzene rings is 1. The van der Waals surface area contributed by atoms with Crippen molar-refractivity contribution in [1.29, 1.82) is 0 Å². The molecule has 1 aromatic heterocycles. The summed E-state index contributed by atoms with van der Waals surface area (Å²) in [5.41, 5.74) is 0.216. The zero-order valence-electron chi connectivity index (χ0n) is 7.78. The van der Waals surface area contributed by atoms with Gasteiger partial charge in [-0.1, -0.05) is 29.3 Å². The lowest BCUT2D eigenvalue weighted by atomic mass is 10.1. The summed E-state index contributed by atoms with van der Waals surface area (Å²) in [5, 5.41) is 9.44. The van der Waals surface area contributed by atoms with Gasteiger partial charge >= 0.3 is 5.97 Å². The molecule has 0 aliphatic carbocycles. The molecule has 4 nitrogen and oxygen atoms in total. The van der Waals surface area contributed by atoms with Crippen LogP contribution in [0.2, 0.25) is 10.0 Å². The van der Waals surface area contributed by atoms with Gasteiger partial charge in [-0.15, -0.1) is 0 Å². The first-order valence-corrected chi connectivity index (χ1v) is 4.98. The Morgan fingerprint density at radius 3 is 2.81 bits per heavy atom. The van der Waals surface area contributed by atoms with Crippen molar-refractivity contribution in [3.8, 4) is 11.3 Å². The average molecular weight is 258 g/mol. The summed E-state index contributed by atoms with van der Waals surface area (Å²) < 4.78 is 5.01. The molecule has 0 fully saturated rings. The maximum absolute atomic E-state index is 10.9. The summed E-state index contributed by atoms with van der Waals surface area (Å²) in [6.45, 7) is 0. The van der Waals surface area contributed by atoms with Crippen molar-refractivity contribution < 1.29 is 14.3 Å². The summed E-state index contributed by atoms with van der Waals surface area (Å²) >= 11 is 11.8. The van der Waals surface area contributed by atoms with Crippen LogP contribution in [0.4, 0.5) is 0 Å². The third kappa shape index (κ3) is 1.77. The van der Waals surface area contributed by atoms with Gasteiger partial charge in [0.15, 0.2) is 17.8 Å². The van der Waals surface area contributed by atoms with Crippen LogP contribution in [0.5, 0.6) is 0 Å². The van der Waals surface area contributed by atoms with Gasteiger partial charge in [-0.05, 0) is 12.1 Å². The molecular formula is C10H5Cl2NO3. The molecule has 0 atom stereocenters. The van der Waals surface area contributed by atoms with Gasteiger partial charge in [-0.25, -0.2) is 9.78 Å². The minimum atomic E-state index is -1.18. The van der Waals surface area contributed by atoms with Crippen LogP contribution in [0.25, 0.3) is 11.3 Å². The molecule has 1 heterocycles. The molecule has 82 valence electrons. The number of carboxylic acid groups (broad SMARTS) is 1. The molecule has 1 N–H and O–H groups in total. The van der Waals surface area contributed by atoms with Crippen molar-refractivity contribution in [3.63, 3.8) is 0 Å². The van der Waals surface area contributed by atoms with E-state index >= 15 is 0 Å². The molecule has 0 unspecified atom stereocenters. The van der Waals surface area contributed by atoms with E-state index in [0.29, 0.717) is 10.6 Å². The fraction of sp³-hybridized carbons (Fsp3) is 0. The van der Waals surface area contributed by atoms with Crippen LogP contribution in [0.3, 0.4) is 0 Å². The monoisotopic (exact) mass is 257 g/mol. The Balaban J connectivity index is 2.63. The van der Waals surface area contributed by atoms with Crippen molar-refractivity contribution in [1.82, 2.24) is 4.98 Å². The highest BCUT2D eigenvalue weighted by molar-refractivity contribution is 6.43. The molecule has 0 saturated heterocycles. The number of rotatable bonds is 2. The molecule has 0 aliphatic heterocycles. The number of carbonyl (C=O) groups is 1. The van der Waals surface area contributed by atoms with Gasteiger partial charge in [-0.2, -0.15) is 0 Å². The van der Waals surface area contributed by atoms with Crippen LogP contribution in [0.15, 0.2) is 29.0 Å². The largest absolute Gasteiger partial charge is 0.476 e. The molecule has 0 aliphatic rings. The lowest BCUT2D eigenvalue weighted by molar-refractivity contribution is 0.0691. The highest BCUT2D eigenvalue weighted by atomic mass is 35.5. The number of halogens is 2. The Bertz CT molecular complexity index is 551. The molecule has 16 heavy (non-hydrogen) atoms. The average Bonchev–Trinajstić information content (AvgIpc) is 2.70. The first kappa shape index (κ1) is 11.0. The highest BCUT2D eigenvalue weighted by Gasteiger charge is 2.20. The van der Waals surface area contributed by atoms with Crippen LogP contribution in [-0.2, 0) is 0 Å². The van der Waals surface area contributed by atoms with E-state index in [1.807, 2.05) is 0 Å². The minimum Gasteiger partial charge on any atom is -0.476 e. The lowest BCUT2D eigenvalue weighted by Gasteiger charge is -2.02. The standard InChI is InChI=1S/C10H5Cl2NO3/c11-6-3-1-2-5(7(6)12)9-8(10(14)15)13-4-16-9/h1-4H,(H,14,15). The third-order valence-corrected chi connectivity index (χ3v) is 2.79. The normalized spacial score (nSPS) is 10.4. The van der Waals surface area contributed by atoms with Crippen molar-refractivity contribution in [2.24, 2.45) is 0 Å². The van der Waals surface area contributed by atoms with Crippen molar-refractivity contribution in [3.05, 3.63) is 40.3 Å². The zero-order chi connectivity index (χ0) is 11.7. The van der Waals surface area contributed by atoms with Gasteiger partial charge in [-0.3, -0.25) is 0 Å². The number of hydrogen-bond acceptors (Lipinski definition) is 3. The van der Waals surface area contributed by atoms with Crippen molar-refractivity contribution in [2.75, 3.05) is 0 Å². The van der Waals surface area contributed by atoms with Gasteiger partial charge < -0.3 is 9.52 Å². The van der Waals surface area contributed by atoms with E-state index in [2.05, 4.69) is 4.98 Å². The van der Waals surface area contributed by atoms with Crippen molar-refractivity contribution in [2.45, 2.75) is 0 Å². The predicted molar refractivity (Wildman–Crippen MR) is 58.9 cm³/mol. The summed E-state index contributed by atoms with van der Waals surface area (Å²) in [7, 11) is 0. The quantitative estimate of drug-likeness (QED) is 0.897. The fourth-order valence-corrected chi connectivity index (χ4v) is 1.66. The van der Waals surface area contributed by atoms with E-state index in [9.17, 15) is 4.79 Å². The Hall–Kier alpha value is -1.52. The molecule has 2 aromatic rings. The van der Waals surface area contributed by atoms with E-state index in [4.69, 9.17) is 32.7 Å². The lowest BCUT2D eigenvalue weighted by Crippen LogP contribution is -1.98. The van der Waals surface area contributed by atoms with Crippen LogP contribution in [-0.4, -0.2) is 16.1 Å². The van der Waals surface area contributed by atoms with E-state index < -0.39 is 5.97 Å². The zero-order valence-corrected chi connectivity index (χ0v) is 9.29. The summed E-state index contributed by atoms with van der Waals surface area (Å²) in [6.07, 6.45) is 1.05. The van der Waals surface area contributed by atoms with Gasteiger partial charge in [0.2, 0.25) is 0 Å². The SMILES string of the molecule is O=C(O)c1ncoc1-c1cccc(Cl)c1Cl. The molecule has 0 spiro atoms. The smallest absolute Gasteiger partial charge is 0.358 e. The number of carboxylic acids is 1.